The van der Waals surface area contributed by atoms with Crippen LogP contribution in [0.15, 0.2) is 239 Å². The highest BCUT2D eigenvalue weighted by Gasteiger charge is 2.28. The molecule has 9 heteroatoms. The zero-order chi connectivity index (χ0) is 68.7. The lowest BCUT2D eigenvalue weighted by atomic mass is 9.86. The third-order valence-corrected chi connectivity index (χ3v) is 25.7. The number of nitrogens with one attached hydrogen (secondary N) is 1. The first-order chi connectivity index (χ1) is 44.1. The van der Waals surface area contributed by atoms with Crippen molar-refractivity contribution in [3.05, 3.63) is 283 Å². The highest BCUT2D eigenvalue weighted by molar-refractivity contribution is 9.11. The van der Waals surface area contributed by atoms with E-state index in [2.05, 4.69) is 408 Å². The molecule has 10 aromatic rings. The minimum Gasteiger partial charge on any atom is -0.356 e. The van der Waals surface area contributed by atoms with Crippen LogP contribution in [-0.4, -0.2) is 17.6 Å². The normalized spacial score (nSPS) is 12.4. The fourth-order valence-electron chi connectivity index (χ4n) is 11.4. The molecule has 0 fully saturated rings. The maximum Gasteiger partial charge on any atom is 0.0999 e. The Morgan fingerprint density at radius 1 is 0.333 bits per heavy atom. The van der Waals surface area contributed by atoms with Crippen molar-refractivity contribution < 1.29 is 0 Å². The van der Waals surface area contributed by atoms with Crippen molar-refractivity contribution in [1.29, 1.82) is 0 Å². The molecule has 0 aliphatic carbocycles. The standard InChI is InChI=1S/C52H61ClN2Si.C20H27N.C13H11Br2ClSi.2CH4/c1-36(2)37-18-26-41(27-19-37)54(42-28-20-38(21-29-42)50(3,4)5)47-34-46(56(12)45-16-14-13-15-17-45)35-48(49(47)53)55(43-30-22-39(23-31-43)51(6,7)8)44-32-24-40(25-33-44)52(9,10)11;1-19(2,3)15-7-11-17(12-8-15)21-18-13-9-16(10-14-18)20(4,5)6;1-17(9-5-3-2-4-6-9)10-7-11(14)13(16)12(15)8-10;;/h13-36,56H,1-12H3;7-14,21H,1-6H3;2-8,17H,1H3;2*1H4. The molecule has 0 amide bonds. The first-order valence-corrected chi connectivity index (χ1v) is 40.1. The summed E-state index contributed by atoms with van der Waals surface area (Å²) in [6, 6.07) is 84.2. The van der Waals surface area contributed by atoms with Crippen molar-refractivity contribution in [1.82, 2.24) is 0 Å². The number of benzene rings is 10. The molecule has 0 aromatic heterocycles. The fraction of sp³-hybridized carbons (Fsp3) is 0.310. The van der Waals surface area contributed by atoms with E-state index in [0.717, 1.165) is 59.5 Å². The van der Waals surface area contributed by atoms with Gasteiger partial charge in [0.1, 0.15) is 0 Å². The van der Waals surface area contributed by atoms with Gasteiger partial charge in [0.2, 0.25) is 0 Å². The molecule has 506 valence electrons. The van der Waals surface area contributed by atoms with Crippen molar-refractivity contribution in [2.75, 3.05) is 15.1 Å². The Morgan fingerprint density at radius 3 is 0.844 bits per heavy atom. The smallest absolute Gasteiger partial charge is 0.0999 e. The van der Waals surface area contributed by atoms with E-state index in [1.54, 1.807) is 0 Å². The molecule has 0 saturated carbocycles. The molecule has 0 spiro atoms. The van der Waals surface area contributed by atoms with Gasteiger partial charge in [-0.05, 0) is 195 Å². The summed E-state index contributed by atoms with van der Waals surface area (Å²) in [4.78, 5) is 4.73. The summed E-state index contributed by atoms with van der Waals surface area (Å²) >= 11 is 21.1. The lowest BCUT2D eigenvalue weighted by Gasteiger charge is -2.33. The molecule has 0 aliphatic rings. The molecule has 0 aliphatic heterocycles. The maximum absolute atomic E-state index is 7.95. The minimum atomic E-state index is -1.68. The third kappa shape index (κ3) is 20.4. The van der Waals surface area contributed by atoms with Crippen molar-refractivity contribution in [2.45, 2.75) is 179 Å². The van der Waals surface area contributed by atoms with Crippen LogP contribution in [0, 0.1) is 0 Å². The molecule has 0 radical (unpaired) electrons. The molecule has 0 heterocycles. The lowest BCUT2D eigenvalue weighted by Crippen LogP contribution is -2.39. The second-order valence-corrected chi connectivity index (χ2v) is 38.5. The number of anilines is 8. The number of nitrogens with zero attached hydrogens (tertiary/aromatic N) is 2. The molecular formula is C87H107Br2Cl2N3Si2. The van der Waals surface area contributed by atoms with Crippen LogP contribution >= 0.6 is 55.1 Å². The number of hydrogen-bond acceptors (Lipinski definition) is 3. The van der Waals surface area contributed by atoms with Gasteiger partial charge in [0.15, 0.2) is 0 Å². The van der Waals surface area contributed by atoms with Crippen LogP contribution in [0.2, 0.25) is 23.1 Å². The summed E-state index contributed by atoms with van der Waals surface area (Å²) in [7, 11) is -2.79. The average Bonchev–Trinajstić information content (AvgIpc) is 0.757. The number of rotatable bonds is 13. The Kier molecular flexibility index (Phi) is 27.0. The molecule has 0 saturated heterocycles. The highest BCUT2D eigenvalue weighted by Crippen LogP contribution is 2.47. The predicted octanol–water partition coefficient (Wildman–Crippen LogP) is 25.4. The number of halogens is 4. The van der Waals surface area contributed by atoms with Gasteiger partial charge in [-0.15, -0.1) is 0 Å². The molecule has 10 aromatic carbocycles. The molecule has 96 heavy (non-hydrogen) atoms. The van der Waals surface area contributed by atoms with Gasteiger partial charge in [-0.3, -0.25) is 0 Å². The van der Waals surface area contributed by atoms with Gasteiger partial charge in [0.05, 0.1) is 39.0 Å². The third-order valence-electron chi connectivity index (χ3n) is 17.7. The molecule has 2 atom stereocenters. The molecule has 2 unspecified atom stereocenters. The Morgan fingerprint density at radius 2 is 0.583 bits per heavy atom. The van der Waals surface area contributed by atoms with Crippen molar-refractivity contribution in [3.63, 3.8) is 0 Å². The number of hydrogen-bond donors (Lipinski definition) is 1. The van der Waals surface area contributed by atoms with Crippen LogP contribution in [0.4, 0.5) is 45.5 Å². The van der Waals surface area contributed by atoms with Crippen molar-refractivity contribution >= 4 is 139 Å². The van der Waals surface area contributed by atoms with Gasteiger partial charge in [0, 0.05) is 43.1 Å². The van der Waals surface area contributed by atoms with Crippen LogP contribution in [-0.2, 0) is 27.1 Å². The fourth-order valence-corrected chi connectivity index (χ4v) is 17.5. The van der Waals surface area contributed by atoms with Gasteiger partial charge in [-0.1, -0.05) is 323 Å². The zero-order valence-corrected chi connectivity index (χ0v) is 66.1. The van der Waals surface area contributed by atoms with E-state index >= 15 is 0 Å². The van der Waals surface area contributed by atoms with E-state index in [1.165, 1.54) is 54.1 Å². The molecular weight excluding hydrogens is 1370 g/mol. The van der Waals surface area contributed by atoms with E-state index in [0.29, 0.717) is 10.9 Å². The minimum absolute atomic E-state index is 0. The Balaban J connectivity index is 0.000000295. The maximum atomic E-state index is 7.95. The van der Waals surface area contributed by atoms with E-state index < -0.39 is 17.6 Å². The van der Waals surface area contributed by atoms with Crippen LogP contribution in [0.1, 0.15) is 172 Å². The lowest BCUT2D eigenvalue weighted by molar-refractivity contribution is 0.590. The average molecular weight is 1480 g/mol. The van der Waals surface area contributed by atoms with E-state index in [4.69, 9.17) is 23.2 Å². The van der Waals surface area contributed by atoms with E-state index in [9.17, 15) is 0 Å². The predicted molar refractivity (Wildman–Crippen MR) is 442 cm³/mol. The second-order valence-electron chi connectivity index (χ2n) is 30.5. The van der Waals surface area contributed by atoms with Crippen molar-refractivity contribution in [3.8, 4) is 0 Å². The Labute approximate surface area is 610 Å². The summed E-state index contributed by atoms with van der Waals surface area (Å²) < 4.78 is 1.91. The molecule has 10 rings (SSSR count). The highest BCUT2D eigenvalue weighted by atomic mass is 79.9. The van der Waals surface area contributed by atoms with Gasteiger partial charge in [-0.2, -0.15) is 0 Å². The van der Waals surface area contributed by atoms with E-state index in [-0.39, 0.29) is 41.9 Å². The molecule has 1 N–H and O–H groups in total. The molecule has 0 bridgehead atoms. The monoisotopic (exact) mass is 1480 g/mol. The van der Waals surface area contributed by atoms with E-state index in [1.807, 2.05) is 0 Å². The van der Waals surface area contributed by atoms with Crippen LogP contribution < -0.4 is 35.9 Å². The van der Waals surface area contributed by atoms with Gasteiger partial charge in [-0.25, -0.2) is 0 Å². The zero-order valence-electron chi connectivity index (χ0n) is 59.1. The summed E-state index contributed by atoms with van der Waals surface area (Å²) in [5.74, 6) is 0.433. The summed E-state index contributed by atoms with van der Waals surface area (Å²) in [6.07, 6.45) is 0. The first-order valence-electron chi connectivity index (χ1n) is 33.2. The Bertz CT molecular complexity index is 3930. The SMILES string of the molecule is C.C.CC(C)(C)c1ccc(Nc2ccc(C(C)(C)C)cc2)cc1.CC(C)c1ccc(N(c2ccc(C(C)(C)C)cc2)c2cc([SiH](C)c3ccccc3)cc(N(c3ccc(C(C)(C)C)cc3)c3ccc(C(C)(C)C)cc3)c2Cl)cc1.C[SiH](c1ccccc1)c1cc(Br)c(Cl)c(Br)c1. The second kappa shape index (κ2) is 33.0. The summed E-state index contributed by atoms with van der Waals surface area (Å²) in [6.45, 7) is 43.1. The van der Waals surface area contributed by atoms with Crippen LogP contribution in [0.25, 0.3) is 0 Å². The largest absolute Gasteiger partial charge is 0.356 e. The van der Waals surface area contributed by atoms with Crippen molar-refractivity contribution in [2.24, 2.45) is 0 Å². The Hall–Kier alpha value is -6.43. The van der Waals surface area contributed by atoms with Gasteiger partial charge >= 0.3 is 0 Å². The molecule has 3 nitrogen and oxygen atoms in total. The van der Waals surface area contributed by atoms with Crippen LogP contribution in [0.5, 0.6) is 0 Å². The van der Waals surface area contributed by atoms with Crippen LogP contribution in [0.3, 0.4) is 0 Å². The first kappa shape index (κ1) is 78.6. The van der Waals surface area contributed by atoms with Gasteiger partial charge < -0.3 is 15.1 Å². The summed E-state index contributed by atoms with van der Waals surface area (Å²) in [5, 5.41) is 10.4. The topological polar surface area (TPSA) is 18.5 Å². The van der Waals surface area contributed by atoms with Gasteiger partial charge in [0.25, 0.3) is 0 Å². The quantitative estimate of drug-likeness (QED) is 0.0917. The summed E-state index contributed by atoms with van der Waals surface area (Å²) in [5.41, 5.74) is 16.9.